The Morgan fingerprint density at radius 3 is 2.65 bits per heavy atom. The fourth-order valence-electron chi connectivity index (χ4n) is 2.33. The fourth-order valence-corrected chi connectivity index (χ4v) is 2.33. The maximum absolute atomic E-state index is 12.1. The smallest absolute Gasteiger partial charge is 0.239 e. The second kappa shape index (κ2) is 5.83. The summed E-state index contributed by atoms with van der Waals surface area (Å²) in [6.45, 7) is 7.33. The van der Waals surface area contributed by atoms with Crippen LogP contribution in [0.15, 0.2) is 0 Å². The molecule has 1 aliphatic heterocycles. The van der Waals surface area contributed by atoms with E-state index in [0.717, 1.165) is 25.8 Å². The molecular formula is C13H26N2O2. The van der Waals surface area contributed by atoms with Crippen molar-refractivity contribution in [1.82, 2.24) is 4.90 Å². The van der Waals surface area contributed by atoms with E-state index < -0.39 is 11.6 Å². The third kappa shape index (κ3) is 4.64. The van der Waals surface area contributed by atoms with Gasteiger partial charge in [0.05, 0.1) is 11.6 Å². The minimum absolute atomic E-state index is 0.0383. The monoisotopic (exact) mass is 242 g/mol. The molecule has 1 rings (SSSR count). The molecule has 1 heterocycles. The van der Waals surface area contributed by atoms with Gasteiger partial charge in [-0.25, -0.2) is 0 Å². The molecule has 100 valence electrons. The van der Waals surface area contributed by atoms with Crippen molar-refractivity contribution < 1.29 is 9.90 Å². The van der Waals surface area contributed by atoms with E-state index in [1.54, 1.807) is 0 Å². The van der Waals surface area contributed by atoms with Gasteiger partial charge in [-0.1, -0.05) is 13.8 Å². The predicted molar refractivity (Wildman–Crippen MR) is 68.5 cm³/mol. The first-order valence-electron chi connectivity index (χ1n) is 6.58. The highest BCUT2D eigenvalue weighted by Gasteiger charge is 2.29. The molecule has 0 aromatic heterocycles. The Kier molecular flexibility index (Phi) is 4.95. The highest BCUT2D eigenvalue weighted by atomic mass is 16.3. The number of aliphatic hydroxyl groups is 1. The number of amides is 1. The molecule has 1 amide bonds. The lowest BCUT2D eigenvalue weighted by molar-refractivity contribution is -0.133. The molecule has 3 N–H and O–H groups in total. The van der Waals surface area contributed by atoms with Crippen LogP contribution in [0.2, 0.25) is 0 Å². The van der Waals surface area contributed by atoms with Crippen LogP contribution in [0.25, 0.3) is 0 Å². The number of hydrogen-bond acceptors (Lipinski definition) is 3. The van der Waals surface area contributed by atoms with E-state index in [1.807, 2.05) is 11.8 Å². The van der Waals surface area contributed by atoms with Crippen molar-refractivity contribution in [3.8, 4) is 0 Å². The summed E-state index contributed by atoms with van der Waals surface area (Å²) < 4.78 is 0. The predicted octanol–water partition coefficient (Wildman–Crippen LogP) is 1.12. The van der Waals surface area contributed by atoms with Gasteiger partial charge in [0.1, 0.15) is 0 Å². The molecule has 4 heteroatoms. The van der Waals surface area contributed by atoms with Crippen LogP contribution in [0, 0.1) is 5.92 Å². The van der Waals surface area contributed by atoms with Crippen LogP contribution in [0.3, 0.4) is 0 Å². The topological polar surface area (TPSA) is 66.6 Å². The summed E-state index contributed by atoms with van der Waals surface area (Å²) in [5.41, 5.74) is 5.29. The molecule has 2 atom stereocenters. The van der Waals surface area contributed by atoms with Crippen molar-refractivity contribution in [3.63, 3.8) is 0 Å². The summed E-state index contributed by atoms with van der Waals surface area (Å²) in [4.78, 5) is 13.9. The van der Waals surface area contributed by atoms with Gasteiger partial charge in [-0.05, 0) is 38.5 Å². The third-order valence-corrected chi connectivity index (χ3v) is 3.42. The van der Waals surface area contributed by atoms with Gasteiger partial charge in [0, 0.05) is 13.1 Å². The van der Waals surface area contributed by atoms with Gasteiger partial charge >= 0.3 is 0 Å². The van der Waals surface area contributed by atoms with Gasteiger partial charge in [0.25, 0.3) is 0 Å². The quantitative estimate of drug-likeness (QED) is 0.779. The lowest BCUT2D eigenvalue weighted by Crippen LogP contribution is -2.45. The Bertz CT molecular complexity index is 264. The second-order valence-corrected chi connectivity index (χ2v) is 5.91. The molecule has 0 bridgehead atoms. The van der Waals surface area contributed by atoms with Crippen molar-refractivity contribution >= 4 is 5.91 Å². The first-order chi connectivity index (χ1) is 7.82. The Labute approximate surface area is 104 Å². The van der Waals surface area contributed by atoms with Crippen LogP contribution < -0.4 is 5.73 Å². The molecular weight excluding hydrogens is 216 g/mol. The zero-order valence-corrected chi connectivity index (χ0v) is 11.3. The molecule has 0 radical (unpaired) electrons. The molecule has 1 unspecified atom stereocenters. The van der Waals surface area contributed by atoms with E-state index in [9.17, 15) is 9.90 Å². The van der Waals surface area contributed by atoms with Crippen molar-refractivity contribution in [2.45, 2.75) is 58.1 Å². The zero-order valence-electron chi connectivity index (χ0n) is 11.3. The van der Waals surface area contributed by atoms with Crippen molar-refractivity contribution in [2.24, 2.45) is 11.7 Å². The molecule has 1 saturated heterocycles. The number of carbonyl (C=O) groups is 1. The largest absolute Gasteiger partial charge is 0.390 e. The van der Waals surface area contributed by atoms with Crippen LogP contribution in [0.4, 0.5) is 0 Å². The molecule has 0 aromatic carbocycles. The van der Waals surface area contributed by atoms with E-state index in [0.29, 0.717) is 18.9 Å². The minimum Gasteiger partial charge on any atom is -0.390 e. The Morgan fingerprint density at radius 2 is 2.06 bits per heavy atom. The van der Waals surface area contributed by atoms with Gasteiger partial charge in [0.15, 0.2) is 0 Å². The SMILES string of the molecule is CC(C)C[C@H](N)C(=O)N1CCCC(C)(O)CC1. The summed E-state index contributed by atoms with van der Waals surface area (Å²) in [6.07, 6.45) is 2.99. The summed E-state index contributed by atoms with van der Waals surface area (Å²) in [7, 11) is 0. The second-order valence-electron chi connectivity index (χ2n) is 5.91. The Morgan fingerprint density at radius 1 is 1.41 bits per heavy atom. The van der Waals surface area contributed by atoms with E-state index in [2.05, 4.69) is 13.8 Å². The van der Waals surface area contributed by atoms with E-state index >= 15 is 0 Å². The molecule has 17 heavy (non-hydrogen) atoms. The number of rotatable bonds is 3. The highest BCUT2D eigenvalue weighted by Crippen LogP contribution is 2.22. The maximum atomic E-state index is 12.1. The van der Waals surface area contributed by atoms with Crippen LogP contribution >= 0.6 is 0 Å². The van der Waals surface area contributed by atoms with Crippen LogP contribution in [0.1, 0.15) is 46.5 Å². The van der Waals surface area contributed by atoms with Gasteiger partial charge in [0.2, 0.25) is 5.91 Å². The maximum Gasteiger partial charge on any atom is 0.239 e. The van der Waals surface area contributed by atoms with Gasteiger partial charge < -0.3 is 15.7 Å². The standard InChI is InChI=1S/C13H26N2O2/c1-10(2)9-11(14)12(16)15-7-4-5-13(3,17)6-8-15/h10-11,17H,4-9,14H2,1-3H3/t11-,13?/m0/s1. The zero-order chi connectivity index (χ0) is 13.1. The molecule has 0 aliphatic carbocycles. The minimum atomic E-state index is -0.628. The Hall–Kier alpha value is -0.610. The van der Waals surface area contributed by atoms with Crippen molar-refractivity contribution in [3.05, 3.63) is 0 Å². The summed E-state index contributed by atoms with van der Waals surface area (Å²) in [5.74, 6) is 0.473. The fraction of sp³-hybridized carbons (Fsp3) is 0.923. The average Bonchev–Trinajstić information content (AvgIpc) is 2.37. The van der Waals surface area contributed by atoms with Crippen LogP contribution in [0.5, 0.6) is 0 Å². The lowest BCUT2D eigenvalue weighted by atomic mass is 9.98. The Balaban J connectivity index is 2.52. The first kappa shape index (κ1) is 14.5. The van der Waals surface area contributed by atoms with E-state index in [1.165, 1.54) is 0 Å². The molecule has 0 saturated carbocycles. The number of nitrogens with zero attached hydrogens (tertiary/aromatic N) is 1. The van der Waals surface area contributed by atoms with Gasteiger partial charge in [-0.3, -0.25) is 4.79 Å². The van der Waals surface area contributed by atoms with E-state index in [4.69, 9.17) is 5.73 Å². The summed E-state index contributed by atoms with van der Waals surface area (Å²) >= 11 is 0. The number of likely N-dealkylation sites (tertiary alicyclic amines) is 1. The average molecular weight is 242 g/mol. The van der Waals surface area contributed by atoms with Crippen molar-refractivity contribution in [2.75, 3.05) is 13.1 Å². The van der Waals surface area contributed by atoms with Crippen LogP contribution in [-0.4, -0.2) is 40.6 Å². The first-order valence-corrected chi connectivity index (χ1v) is 6.58. The molecule has 1 fully saturated rings. The van der Waals surface area contributed by atoms with Gasteiger partial charge in [-0.15, -0.1) is 0 Å². The van der Waals surface area contributed by atoms with E-state index in [-0.39, 0.29) is 5.91 Å². The number of nitrogens with two attached hydrogens (primary N) is 1. The molecule has 0 spiro atoms. The normalized spacial score (nSPS) is 28.0. The summed E-state index contributed by atoms with van der Waals surface area (Å²) in [5, 5.41) is 9.97. The van der Waals surface area contributed by atoms with Gasteiger partial charge in [-0.2, -0.15) is 0 Å². The van der Waals surface area contributed by atoms with Crippen molar-refractivity contribution in [1.29, 1.82) is 0 Å². The number of hydrogen-bond donors (Lipinski definition) is 2. The number of carbonyl (C=O) groups excluding carboxylic acids is 1. The molecule has 4 nitrogen and oxygen atoms in total. The highest BCUT2D eigenvalue weighted by molar-refractivity contribution is 5.81. The third-order valence-electron chi connectivity index (χ3n) is 3.42. The molecule has 0 aromatic rings. The lowest BCUT2D eigenvalue weighted by Gasteiger charge is -2.25. The summed E-state index contributed by atoms with van der Waals surface area (Å²) in [6, 6.07) is -0.391. The van der Waals surface area contributed by atoms with Crippen LogP contribution in [-0.2, 0) is 4.79 Å². The molecule has 1 aliphatic rings.